The van der Waals surface area contributed by atoms with Gasteiger partial charge in [0.1, 0.15) is 0 Å². The van der Waals surface area contributed by atoms with E-state index in [-0.39, 0.29) is 5.91 Å². The first-order valence-corrected chi connectivity index (χ1v) is 8.74. The van der Waals surface area contributed by atoms with Crippen molar-refractivity contribution in [2.75, 3.05) is 5.32 Å². The molecular weight excluding hydrogens is 298 g/mol. The summed E-state index contributed by atoms with van der Waals surface area (Å²) >= 11 is 0. The molecule has 0 radical (unpaired) electrons. The lowest BCUT2D eigenvalue weighted by Crippen LogP contribution is -2.03. The van der Waals surface area contributed by atoms with Gasteiger partial charge in [0, 0.05) is 26.4 Å². The molecule has 0 fully saturated rings. The highest BCUT2D eigenvalue weighted by Gasteiger charge is 2.22. The van der Waals surface area contributed by atoms with Crippen molar-refractivity contribution in [3.05, 3.63) is 66.2 Å². The average molecular weight is 309 g/mol. The third kappa shape index (κ3) is 2.20. The summed E-state index contributed by atoms with van der Waals surface area (Å²) in [6, 6.07) is 20.3. The van der Waals surface area contributed by atoms with Gasteiger partial charge in [0.05, 0.1) is 0 Å². The van der Waals surface area contributed by atoms with Crippen molar-refractivity contribution in [2.24, 2.45) is 0 Å². The van der Waals surface area contributed by atoms with Crippen molar-refractivity contribution in [1.29, 1.82) is 0 Å². The van der Waals surface area contributed by atoms with E-state index >= 15 is 0 Å². The van der Waals surface area contributed by atoms with Crippen molar-refractivity contribution < 1.29 is 4.79 Å². The lowest BCUT2D eigenvalue weighted by molar-refractivity contribution is 0.103. The summed E-state index contributed by atoms with van der Waals surface area (Å²) in [5, 5.41) is 5.10. The Morgan fingerprint density at radius 3 is 2.52 bits per heavy atom. The largest absolute Gasteiger partial charge is 0.321 e. The SMILES string of the molecule is O=C1Nc2cccc3c(SSc4ccccc4)ccc1c23. The van der Waals surface area contributed by atoms with Gasteiger partial charge in [-0.05, 0) is 35.7 Å². The van der Waals surface area contributed by atoms with Crippen LogP contribution in [0.5, 0.6) is 0 Å². The molecule has 1 N–H and O–H groups in total. The number of anilines is 1. The average Bonchev–Trinajstić information content (AvgIpc) is 2.85. The molecule has 0 unspecified atom stereocenters. The van der Waals surface area contributed by atoms with Crippen molar-refractivity contribution in [3.8, 4) is 0 Å². The Kier molecular flexibility index (Phi) is 3.13. The first kappa shape index (κ1) is 12.8. The van der Waals surface area contributed by atoms with Gasteiger partial charge < -0.3 is 5.32 Å². The zero-order valence-corrected chi connectivity index (χ0v) is 12.6. The van der Waals surface area contributed by atoms with E-state index in [9.17, 15) is 4.79 Å². The highest BCUT2D eigenvalue weighted by molar-refractivity contribution is 8.76. The molecule has 102 valence electrons. The quantitative estimate of drug-likeness (QED) is 0.674. The summed E-state index contributed by atoms with van der Waals surface area (Å²) in [4.78, 5) is 14.3. The molecule has 0 saturated carbocycles. The van der Waals surface area contributed by atoms with Gasteiger partial charge in [0.25, 0.3) is 5.91 Å². The monoisotopic (exact) mass is 309 g/mol. The van der Waals surface area contributed by atoms with Crippen LogP contribution in [0.15, 0.2) is 70.5 Å². The molecular formula is C17H11NOS2. The van der Waals surface area contributed by atoms with Gasteiger partial charge in [0.2, 0.25) is 0 Å². The fourth-order valence-electron chi connectivity index (χ4n) is 2.50. The Balaban J connectivity index is 1.74. The highest BCUT2D eigenvalue weighted by atomic mass is 33.1. The van der Waals surface area contributed by atoms with Crippen LogP contribution in [0.25, 0.3) is 10.8 Å². The van der Waals surface area contributed by atoms with E-state index < -0.39 is 0 Å². The van der Waals surface area contributed by atoms with Gasteiger partial charge in [-0.25, -0.2) is 0 Å². The van der Waals surface area contributed by atoms with E-state index in [1.807, 2.05) is 42.5 Å². The number of amides is 1. The zero-order valence-electron chi connectivity index (χ0n) is 11.0. The van der Waals surface area contributed by atoms with E-state index in [2.05, 4.69) is 23.5 Å². The van der Waals surface area contributed by atoms with E-state index in [1.54, 1.807) is 21.6 Å². The molecule has 1 aliphatic rings. The second-order valence-electron chi connectivity index (χ2n) is 4.77. The molecule has 0 saturated heterocycles. The van der Waals surface area contributed by atoms with Crippen LogP contribution >= 0.6 is 21.6 Å². The summed E-state index contributed by atoms with van der Waals surface area (Å²) in [5.41, 5.74) is 1.69. The summed E-state index contributed by atoms with van der Waals surface area (Å²) < 4.78 is 0. The number of benzene rings is 3. The minimum absolute atomic E-state index is 0.00605. The van der Waals surface area contributed by atoms with E-state index in [1.165, 1.54) is 9.79 Å². The Labute approximate surface area is 130 Å². The van der Waals surface area contributed by atoms with Gasteiger partial charge in [-0.15, -0.1) is 0 Å². The number of carbonyl (C=O) groups excluding carboxylic acids is 1. The Morgan fingerprint density at radius 2 is 1.67 bits per heavy atom. The number of hydrogen-bond acceptors (Lipinski definition) is 3. The summed E-state index contributed by atoms with van der Waals surface area (Å²) in [6.07, 6.45) is 0. The van der Waals surface area contributed by atoms with Crippen molar-refractivity contribution in [3.63, 3.8) is 0 Å². The van der Waals surface area contributed by atoms with Crippen molar-refractivity contribution in [1.82, 2.24) is 0 Å². The van der Waals surface area contributed by atoms with Crippen LogP contribution in [0, 0.1) is 0 Å². The molecule has 1 amide bonds. The fraction of sp³-hybridized carbons (Fsp3) is 0. The normalized spacial score (nSPS) is 12.7. The van der Waals surface area contributed by atoms with Crippen molar-refractivity contribution in [2.45, 2.75) is 9.79 Å². The van der Waals surface area contributed by atoms with Crippen LogP contribution in [0.1, 0.15) is 10.4 Å². The summed E-state index contributed by atoms with van der Waals surface area (Å²) in [5.74, 6) is -0.00605. The number of carbonyl (C=O) groups is 1. The maximum Gasteiger partial charge on any atom is 0.256 e. The Bertz CT molecular complexity index is 846. The lowest BCUT2D eigenvalue weighted by Gasteiger charge is -2.06. The third-order valence-electron chi connectivity index (χ3n) is 3.46. The Morgan fingerprint density at radius 1 is 0.810 bits per heavy atom. The lowest BCUT2D eigenvalue weighted by atomic mass is 10.1. The second-order valence-corrected chi connectivity index (χ2v) is 7.02. The van der Waals surface area contributed by atoms with Gasteiger partial charge in [-0.2, -0.15) is 0 Å². The number of hydrogen-bond donors (Lipinski definition) is 1. The van der Waals surface area contributed by atoms with Crippen molar-refractivity contribution >= 4 is 44.0 Å². The predicted octanol–water partition coefficient (Wildman–Crippen LogP) is 5.20. The van der Waals surface area contributed by atoms with E-state index in [0.29, 0.717) is 0 Å². The standard InChI is InChI=1S/C17H11NOS2/c19-17-13-9-10-15(21-20-11-5-2-1-3-6-11)12-7-4-8-14(18-17)16(12)13/h1-10H,(H,18,19). The highest BCUT2D eigenvalue weighted by Crippen LogP contribution is 2.44. The van der Waals surface area contributed by atoms with Crippen LogP contribution in [-0.4, -0.2) is 5.91 Å². The van der Waals surface area contributed by atoms with Gasteiger partial charge in [0.15, 0.2) is 0 Å². The minimum atomic E-state index is -0.00605. The minimum Gasteiger partial charge on any atom is -0.321 e. The van der Waals surface area contributed by atoms with Crippen LogP contribution < -0.4 is 5.32 Å². The summed E-state index contributed by atoms with van der Waals surface area (Å²) in [6.45, 7) is 0. The molecule has 21 heavy (non-hydrogen) atoms. The maximum absolute atomic E-state index is 11.9. The second kappa shape index (κ2) is 5.13. The molecule has 3 aromatic carbocycles. The zero-order chi connectivity index (χ0) is 14.2. The first-order chi connectivity index (χ1) is 10.3. The maximum atomic E-state index is 11.9. The van der Waals surface area contributed by atoms with Crippen LogP contribution in [-0.2, 0) is 0 Å². The molecule has 2 nitrogen and oxygen atoms in total. The number of nitrogens with one attached hydrogen (secondary N) is 1. The predicted molar refractivity (Wildman–Crippen MR) is 90.1 cm³/mol. The molecule has 0 bridgehead atoms. The molecule has 1 heterocycles. The fourth-order valence-corrected chi connectivity index (χ4v) is 4.67. The number of rotatable bonds is 3. The van der Waals surface area contributed by atoms with Gasteiger partial charge >= 0.3 is 0 Å². The molecule has 0 aromatic heterocycles. The smallest absolute Gasteiger partial charge is 0.256 e. The van der Waals surface area contributed by atoms with Gasteiger partial charge in [-0.1, -0.05) is 51.9 Å². The van der Waals surface area contributed by atoms with Gasteiger partial charge in [-0.3, -0.25) is 4.79 Å². The molecule has 1 aliphatic heterocycles. The third-order valence-corrected chi connectivity index (χ3v) is 5.91. The first-order valence-electron chi connectivity index (χ1n) is 6.59. The summed E-state index contributed by atoms with van der Waals surface area (Å²) in [7, 11) is 3.46. The van der Waals surface area contributed by atoms with Crippen LogP contribution in [0.4, 0.5) is 5.69 Å². The van der Waals surface area contributed by atoms with E-state index in [4.69, 9.17) is 0 Å². The molecule has 4 heteroatoms. The molecule has 3 aromatic rings. The van der Waals surface area contributed by atoms with Crippen LogP contribution in [0.3, 0.4) is 0 Å². The topological polar surface area (TPSA) is 29.1 Å². The Hall–Kier alpha value is -1.91. The molecule has 0 spiro atoms. The molecule has 4 rings (SSSR count). The molecule has 0 atom stereocenters. The van der Waals surface area contributed by atoms with Crippen LogP contribution in [0.2, 0.25) is 0 Å². The molecule has 0 aliphatic carbocycles. The van der Waals surface area contributed by atoms with E-state index in [0.717, 1.165) is 22.0 Å².